The average Bonchev–Trinajstić information content (AvgIpc) is 2.58. The topological polar surface area (TPSA) is 208 Å². The lowest BCUT2D eigenvalue weighted by Gasteiger charge is -2.22. The highest BCUT2D eigenvalue weighted by Crippen LogP contribution is 1.99. The van der Waals surface area contributed by atoms with Crippen LogP contribution in [-0.2, 0) is 24.0 Å². The van der Waals surface area contributed by atoms with E-state index in [4.69, 9.17) is 15.9 Å². The van der Waals surface area contributed by atoms with Gasteiger partial charge in [-0.05, 0) is 13.3 Å². The molecule has 0 aliphatic carbocycles. The summed E-state index contributed by atoms with van der Waals surface area (Å²) in [5, 5.41) is 33.5. The maximum Gasteiger partial charge on any atom is 0.327 e. The zero-order chi connectivity index (χ0) is 21.1. The largest absolute Gasteiger partial charge is 0.481 e. The van der Waals surface area contributed by atoms with E-state index in [0.717, 1.165) is 0 Å². The lowest BCUT2D eigenvalue weighted by Crippen LogP contribution is -2.57. The summed E-state index contributed by atoms with van der Waals surface area (Å²) in [6.45, 7) is 0.620. The Balaban J connectivity index is 4.67. The number of carboxylic acids is 2. The Morgan fingerprint density at radius 2 is 1.67 bits per heavy atom. The van der Waals surface area contributed by atoms with E-state index >= 15 is 0 Å². The summed E-state index contributed by atoms with van der Waals surface area (Å²) >= 11 is 3.77. The Morgan fingerprint density at radius 1 is 1.07 bits per heavy atom. The molecule has 0 spiro atoms. The van der Waals surface area contributed by atoms with E-state index in [1.807, 2.05) is 0 Å². The minimum atomic E-state index is -1.44. The molecule has 0 saturated heterocycles. The molecule has 0 aromatic rings. The van der Waals surface area contributed by atoms with Gasteiger partial charge in [-0.25, -0.2) is 4.79 Å². The Hall–Kier alpha value is -2.38. The van der Waals surface area contributed by atoms with E-state index in [9.17, 15) is 29.1 Å². The normalized spacial score (nSPS) is 15.0. The molecule has 8 N–H and O–H groups in total. The number of aliphatic hydroxyl groups excluding tert-OH is 1. The van der Waals surface area contributed by atoms with Crippen LogP contribution in [0.15, 0.2) is 0 Å². The minimum Gasteiger partial charge on any atom is -0.481 e. The van der Waals surface area contributed by atoms with E-state index in [0.29, 0.717) is 0 Å². The molecule has 13 heteroatoms. The van der Waals surface area contributed by atoms with Crippen LogP contribution in [-0.4, -0.2) is 81.5 Å². The van der Waals surface area contributed by atoms with E-state index < -0.39 is 60.4 Å². The smallest absolute Gasteiger partial charge is 0.327 e. The molecule has 0 radical (unpaired) electrons. The van der Waals surface area contributed by atoms with Gasteiger partial charge in [0.2, 0.25) is 17.7 Å². The van der Waals surface area contributed by atoms with Crippen LogP contribution in [0.5, 0.6) is 0 Å². The van der Waals surface area contributed by atoms with Crippen molar-refractivity contribution in [3.8, 4) is 0 Å². The van der Waals surface area contributed by atoms with Gasteiger partial charge in [0.25, 0.3) is 0 Å². The van der Waals surface area contributed by atoms with Gasteiger partial charge in [-0.1, -0.05) is 0 Å². The van der Waals surface area contributed by atoms with Crippen LogP contribution in [0.2, 0.25) is 0 Å². The number of rotatable bonds is 12. The van der Waals surface area contributed by atoms with Crippen molar-refractivity contribution in [2.75, 3.05) is 12.3 Å². The van der Waals surface area contributed by atoms with E-state index in [1.54, 1.807) is 0 Å². The third-order valence-corrected chi connectivity index (χ3v) is 3.67. The van der Waals surface area contributed by atoms with Crippen molar-refractivity contribution in [2.24, 2.45) is 5.73 Å². The van der Waals surface area contributed by atoms with Gasteiger partial charge in [-0.3, -0.25) is 19.2 Å². The predicted molar refractivity (Wildman–Crippen MR) is 94.9 cm³/mol. The van der Waals surface area contributed by atoms with Crippen LogP contribution in [0, 0.1) is 0 Å². The molecule has 0 bridgehead atoms. The number of carboxylic acid groups (broad SMARTS) is 2. The molecule has 154 valence electrons. The summed E-state index contributed by atoms with van der Waals surface area (Å²) in [7, 11) is 0. The second-order valence-corrected chi connectivity index (χ2v) is 5.99. The number of aliphatic hydroxyl groups is 1. The first-order valence-electron chi connectivity index (χ1n) is 7.86. The zero-order valence-corrected chi connectivity index (χ0v) is 15.4. The number of nitrogens with two attached hydrogens (primary N) is 1. The number of nitrogens with one attached hydrogen (secondary N) is 3. The summed E-state index contributed by atoms with van der Waals surface area (Å²) in [5.74, 6) is -5.16. The molecule has 0 saturated carbocycles. The molecule has 4 unspecified atom stereocenters. The van der Waals surface area contributed by atoms with E-state index in [1.165, 1.54) is 6.92 Å². The maximum atomic E-state index is 12.1. The lowest BCUT2D eigenvalue weighted by atomic mass is 10.1. The highest BCUT2D eigenvalue weighted by molar-refractivity contribution is 7.80. The lowest BCUT2D eigenvalue weighted by molar-refractivity contribution is -0.141. The number of thiol groups is 1. The van der Waals surface area contributed by atoms with Crippen LogP contribution in [0.1, 0.15) is 19.8 Å². The van der Waals surface area contributed by atoms with Crippen molar-refractivity contribution >= 4 is 42.3 Å². The molecule has 0 aliphatic rings. The van der Waals surface area contributed by atoms with Crippen molar-refractivity contribution in [1.29, 1.82) is 0 Å². The Bertz CT molecular complexity index is 571. The predicted octanol–water partition coefficient (Wildman–Crippen LogP) is -3.34. The minimum absolute atomic E-state index is 0.157. The molecule has 0 aromatic carbocycles. The molecule has 27 heavy (non-hydrogen) atoms. The second-order valence-electron chi connectivity index (χ2n) is 5.62. The summed E-state index contributed by atoms with van der Waals surface area (Å²) in [4.78, 5) is 56.9. The van der Waals surface area contributed by atoms with Crippen molar-refractivity contribution < 1.29 is 39.3 Å². The van der Waals surface area contributed by atoms with Crippen LogP contribution in [0.4, 0.5) is 0 Å². The monoisotopic (exact) mass is 408 g/mol. The van der Waals surface area contributed by atoms with Crippen LogP contribution < -0.4 is 21.7 Å². The molecule has 4 atom stereocenters. The molecule has 3 amide bonds. The van der Waals surface area contributed by atoms with Crippen LogP contribution >= 0.6 is 12.6 Å². The van der Waals surface area contributed by atoms with E-state index in [2.05, 4.69) is 28.6 Å². The fraction of sp³-hybridized carbons (Fsp3) is 0.643. The van der Waals surface area contributed by atoms with Crippen molar-refractivity contribution in [2.45, 2.75) is 44.0 Å². The Morgan fingerprint density at radius 3 is 2.11 bits per heavy atom. The fourth-order valence-electron chi connectivity index (χ4n) is 1.78. The Kier molecular flexibility index (Phi) is 11.0. The van der Waals surface area contributed by atoms with Gasteiger partial charge in [0.05, 0.1) is 18.7 Å². The summed E-state index contributed by atoms with van der Waals surface area (Å²) in [6, 6.07) is -3.89. The van der Waals surface area contributed by atoms with E-state index in [-0.39, 0.29) is 18.6 Å². The number of aliphatic carboxylic acids is 2. The molecular weight excluding hydrogens is 384 g/mol. The quantitative estimate of drug-likeness (QED) is 0.152. The number of amides is 3. The van der Waals surface area contributed by atoms with Gasteiger partial charge in [0.15, 0.2) is 0 Å². The number of carbonyl (C=O) groups is 5. The standard InChI is InChI=1S/C14H24N4O8S/c1-6(19)11(18-12(23)7(15)2-3-10(21)22)13(24)16-4-9(20)17-8(5-27)14(25)26/h6-8,11,19,27H,2-5,15H2,1H3,(H,16,24)(H,17,20)(H,18,23)(H,21,22)(H,25,26). The van der Waals surface area contributed by atoms with Gasteiger partial charge in [-0.2, -0.15) is 12.6 Å². The SMILES string of the molecule is CC(O)C(NC(=O)C(N)CCC(=O)O)C(=O)NCC(=O)NC(CS)C(=O)O. The summed E-state index contributed by atoms with van der Waals surface area (Å²) < 4.78 is 0. The van der Waals surface area contributed by atoms with Gasteiger partial charge >= 0.3 is 11.9 Å². The van der Waals surface area contributed by atoms with Gasteiger partial charge in [0, 0.05) is 12.2 Å². The summed E-state index contributed by atoms with van der Waals surface area (Å²) in [5.41, 5.74) is 5.52. The van der Waals surface area contributed by atoms with Crippen molar-refractivity contribution in [1.82, 2.24) is 16.0 Å². The number of hydrogen-bond donors (Lipinski definition) is 8. The first-order chi connectivity index (χ1) is 12.5. The van der Waals surface area contributed by atoms with Crippen LogP contribution in [0.3, 0.4) is 0 Å². The molecule has 0 aromatic heterocycles. The highest BCUT2D eigenvalue weighted by Gasteiger charge is 2.28. The van der Waals surface area contributed by atoms with Gasteiger partial charge < -0.3 is 37.0 Å². The molecule has 0 rings (SSSR count). The van der Waals surface area contributed by atoms with Gasteiger partial charge in [0.1, 0.15) is 12.1 Å². The fourth-order valence-corrected chi connectivity index (χ4v) is 2.03. The number of carbonyl (C=O) groups excluding carboxylic acids is 3. The molecule has 12 nitrogen and oxygen atoms in total. The number of hydrogen-bond acceptors (Lipinski definition) is 8. The van der Waals surface area contributed by atoms with Crippen molar-refractivity contribution in [3.05, 3.63) is 0 Å². The second kappa shape index (κ2) is 12.1. The highest BCUT2D eigenvalue weighted by atomic mass is 32.1. The van der Waals surface area contributed by atoms with Crippen molar-refractivity contribution in [3.63, 3.8) is 0 Å². The Labute approximate surface area is 160 Å². The van der Waals surface area contributed by atoms with Crippen LogP contribution in [0.25, 0.3) is 0 Å². The third kappa shape index (κ3) is 9.77. The molecule has 0 fully saturated rings. The zero-order valence-electron chi connectivity index (χ0n) is 14.5. The van der Waals surface area contributed by atoms with Gasteiger partial charge in [-0.15, -0.1) is 0 Å². The average molecular weight is 408 g/mol. The third-order valence-electron chi connectivity index (χ3n) is 3.31. The molecule has 0 heterocycles. The molecule has 0 aliphatic heterocycles. The first kappa shape index (κ1) is 24.6. The maximum absolute atomic E-state index is 12.1. The molecular formula is C14H24N4O8S. The summed E-state index contributed by atoms with van der Waals surface area (Å²) in [6.07, 6.45) is -1.86. The first-order valence-corrected chi connectivity index (χ1v) is 8.49.